The van der Waals surface area contributed by atoms with Crippen molar-refractivity contribution < 1.29 is 4.74 Å². The van der Waals surface area contributed by atoms with Gasteiger partial charge in [-0.15, -0.1) is 0 Å². The Bertz CT molecular complexity index is 392. The van der Waals surface area contributed by atoms with Crippen molar-refractivity contribution in [2.24, 2.45) is 0 Å². The summed E-state index contributed by atoms with van der Waals surface area (Å²) in [5, 5.41) is 0. The summed E-state index contributed by atoms with van der Waals surface area (Å²) in [5.74, 6) is 2.36. The highest BCUT2D eigenvalue weighted by Gasteiger charge is 2.36. The van der Waals surface area contributed by atoms with Crippen LogP contribution in [0.3, 0.4) is 0 Å². The van der Waals surface area contributed by atoms with E-state index < -0.39 is 0 Å². The van der Waals surface area contributed by atoms with Gasteiger partial charge in [-0.2, -0.15) is 0 Å². The molecule has 1 aromatic carbocycles. The Morgan fingerprint density at radius 3 is 2.60 bits per heavy atom. The van der Waals surface area contributed by atoms with Crippen molar-refractivity contribution >= 4 is 0 Å². The fourth-order valence-electron chi connectivity index (χ4n) is 3.10. The van der Waals surface area contributed by atoms with Gasteiger partial charge in [-0.05, 0) is 30.0 Å². The monoisotopic (exact) mass is 200 g/mol. The number of methoxy groups -OCH3 is 1. The SMILES string of the molecule is CCc1ccc(OC)c2c1C1C=CC2C1. The second kappa shape index (κ2) is 3.13. The normalized spacial score (nSPS) is 25.7. The molecule has 0 N–H and O–H groups in total. The third-order valence-corrected chi connectivity index (χ3v) is 3.76. The minimum Gasteiger partial charge on any atom is -0.496 e. The number of ether oxygens (including phenoxy) is 1. The van der Waals surface area contributed by atoms with Crippen LogP contribution in [0.1, 0.15) is 41.9 Å². The fourth-order valence-corrected chi connectivity index (χ4v) is 3.10. The molecule has 1 heteroatoms. The fraction of sp³-hybridized carbons (Fsp3) is 0.429. The third-order valence-electron chi connectivity index (χ3n) is 3.76. The molecule has 0 radical (unpaired) electrons. The average Bonchev–Trinajstić information content (AvgIpc) is 2.88. The zero-order valence-electron chi connectivity index (χ0n) is 9.29. The maximum absolute atomic E-state index is 5.48. The Morgan fingerprint density at radius 2 is 1.93 bits per heavy atom. The molecule has 2 aliphatic carbocycles. The van der Waals surface area contributed by atoms with Gasteiger partial charge in [-0.3, -0.25) is 0 Å². The van der Waals surface area contributed by atoms with Crippen molar-refractivity contribution in [1.82, 2.24) is 0 Å². The zero-order valence-corrected chi connectivity index (χ0v) is 9.29. The van der Waals surface area contributed by atoms with Gasteiger partial charge >= 0.3 is 0 Å². The summed E-state index contributed by atoms with van der Waals surface area (Å²) in [7, 11) is 1.77. The first-order chi connectivity index (χ1) is 7.35. The van der Waals surface area contributed by atoms with Crippen molar-refractivity contribution in [2.75, 3.05) is 7.11 Å². The van der Waals surface area contributed by atoms with Gasteiger partial charge in [0.1, 0.15) is 5.75 Å². The van der Waals surface area contributed by atoms with E-state index in [1.807, 2.05) is 0 Å². The van der Waals surface area contributed by atoms with Gasteiger partial charge < -0.3 is 4.74 Å². The quantitative estimate of drug-likeness (QED) is 0.665. The minimum atomic E-state index is 0.617. The Balaban J connectivity index is 2.23. The average molecular weight is 200 g/mol. The summed E-state index contributed by atoms with van der Waals surface area (Å²) < 4.78 is 5.48. The largest absolute Gasteiger partial charge is 0.496 e. The van der Waals surface area contributed by atoms with Gasteiger partial charge in [0.25, 0.3) is 0 Å². The van der Waals surface area contributed by atoms with Crippen LogP contribution in [0.2, 0.25) is 0 Å². The number of hydrogen-bond donors (Lipinski definition) is 0. The lowest BCUT2D eigenvalue weighted by molar-refractivity contribution is 0.408. The Kier molecular flexibility index (Phi) is 1.88. The molecule has 0 heterocycles. The highest BCUT2D eigenvalue weighted by molar-refractivity contribution is 5.57. The number of allylic oxidation sites excluding steroid dienone is 2. The summed E-state index contributed by atoms with van der Waals surface area (Å²) in [4.78, 5) is 0. The lowest BCUT2D eigenvalue weighted by atomic mass is 9.90. The van der Waals surface area contributed by atoms with Crippen LogP contribution in [0.15, 0.2) is 24.3 Å². The summed E-state index contributed by atoms with van der Waals surface area (Å²) in [6.45, 7) is 2.23. The molecule has 0 spiro atoms. The molecule has 2 unspecified atom stereocenters. The van der Waals surface area contributed by atoms with Gasteiger partial charge in [-0.1, -0.05) is 25.1 Å². The molecule has 1 nitrogen and oxygen atoms in total. The molecule has 0 saturated heterocycles. The standard InChI is InChI=1S/C14H16O/c1-3-9-6-7-12(15-2)14-11-5-4-10(8-11)13(9)14/h4-7,10-11H,3,8H2,1-2H3. The first-order valence-corrected chi connectivity index (χ1v) is 5.73. The van der Waals surface area contributed by atoms with E-state index in [9.17, 15) is 0 Å². The summed E-state index contributed by atoms with van der Waals surface area (Å²) in [6.07, 6.45) is 7.10. The summed E-state index contributed by atoms with van der Waals surface area (Å²) in [6, 6.07) is 4.36. The lowest BCUT2D eigenvalue weighted by Gasteiger charge is -2.17. The lowest BCUT2D eigenvalue weighted by Crippen LogP contribution is -2.01. The van der Waals surface area contributed by atoms with Crippen molar-refractivity contribution in [2.45, 2.75) is 31.6 Å². The number of fused-ring (bicyclic) bond motifs is 5. The Hall–Kier alpha value is -1.24. The molecule has 0 amide bonds. The predicted octanol–water partition coefficient (Wildman–Crippen LogP) is 3.40. The maximum Gasteiger partial charge on any atom is 0.122 e. The first-order valence-electron chi connectivity index (χ1n) is 5.73. The molecule has 2 atom stereocenters. The molecular formula is C14H16O. The van der Waals surface area contributed by atoms with Crippen LogP contribution in [0.25, 0.3) is 0 Å². The van der Waals surface area contributed by atoms with Gasteiger partial charge in [0.05, 0.1) is 7.11 Å². The van der Waals surface area contributed by atoms with E-state index in [2.05, 4.69) is 31.2 Å². The van der Waals surface area contributed by atoms with Gasteiger partial charge in [-0.25, -0.2) is 0 Å². The summed E-state index contributed by atoms with van der Waals surface area (Å²) in [5.41, 5.74) is 4.52. The van der Waals surface area contributed by atoms with Gasteiger partial charge in [0, 0.05) is 17.4 Å². The molecule has 2 bridgehead atoms. The van der Waals surface area contributed by atoms with Crippen molar-refractivity contribution in [3.8, 4) is 5.75 Å². The first kappa shape index (κ1) is 9.02. The van der Waals surface area contributed by atoms with Crippen molar-refractivity contribution in [3.63, 3.8) is 0 Å². The van der Waals surface area contributed by atoms with E-state index in [4.69, 9.17) is 4.74 Å². The molecule has 1 aromatic rings. The second-order valence-corrected chi connectivity index (χ2v) is 4.44. The molecule has 0 aromatic heterocycles. The summed E-state index contributed by atoms with van der Waals surface area (Å²) >= 11 is 0. The Morgan fingerprint density at radius 1 is 1.20 bits per heavy atom. The van der Waals surface area contributed by atoms with Crippen LogP contribution >= 0.6 is 0 Å². The number of aryl methyl sites for hydroxylation is 1. The number of rotatable bonds is 2. The molecule has 78 valence electrons. The van der Waals surface area contributed by atoms with E-state index in [1.165, 1.54) is 17.5 Å². The van der Waals surface area contributed by atoms with Gasteiger partial charge in [0.15, 0.2) is 0 Å². The van der Waals surface area contributed by atoms with Crippen LogP contribution in [0.4, 0.5) is 0 Å². The van der Waals surface area contributed by atoms with E-state index in [-0.39, 0.29) is 0 Å². The van der Waals surface area contributed by atoms with Crippen LogP contribution in [0.5, 0.6) is 5.75 Å². The van der Waals surface area contributed by atoms with E-state index >= 15 is 0 Å². The molecular weight excluding hydrogens is 184 g/mol. The Labute approximate surface area is 90.8 Å². The highest BCUT2D eigenvalue weighted by Crippen LogP contribution is 2.53. The molecule has 2 aliphatic rings. The number of hydrogen-bond acceptors (Lipinski definition) is 1. The second-order valence-electron chi connectivity index (χ2n) is 4.44. The van der Waals surface area contributed by atoms with Crippen LogP contribution in [0, 0.1) is 0 Å². The molecule has 0 fully saturated rings. The molecule has 0 aliphatic heterocycles. The van der Waals surface area contributed by atoms with E-state index in [0.29, 0.717) is 11.8 Å². The van der Waals surface area contributed by atoms with Crippen molar-refractivity contribution in [3.05, 3.63) is 41.0 Å². The topological polar surface area (TPSA) is 9.23 Å². The molecule has 15 heavy (non-hydrogen) atoms. The van der Waals surface area contributed by atoms with E-state index in [0.717, 1.165) is 12.2 Å². The van der Waals surface area contributed by atoms with Crippen LogP contribution in [-0.2, 0) is 6.42 Å². The minimum absolute atomic E-state index is 0.617. The molecule has 3 rings (SSSR count). The zero-order chi connectivity index (χ0) is 10.4. The van der Waals surface area contributed by atoms with Crippen molar-refractivity contribution in [1.29, 1.82) is 0 Å². The maximum atomic E-state index is 5.48. The smallest absolute Gasteiger partial charge is 0.122 e. The van der Waals surface area contributed by atoms with Gasteiger partial charge in [0.2, 0.25) is 0 Å². The third kappa shape index (κ3) is 1.09. The number of benzene rings is 1. The van der Waals surface area contributed by atoms with Crippen LogP contribution in [-0.4, -0.2) is 7.11 Å². The highest BCUT2D eigenvalue weighted by atomic mass is 16.5. The van der Waals surface area contributed by atoms with Crippen LogP contribution < -0.4 is 4.74 Å². The van der Waals surface area contributed by atoms with E-state index in [1.54, 1.807) is 12.7 Å². The predicted molar refractivity (Wildman–Crippen MR) is 61.6 cm³/mol. The molecule has 0 saturated carbocycles.